The lowest BCUT2D eigenvalue weighted by molar-refractivity contribution is 0.0974. The number of carbonyl (C=O) groups is 3. The predicted octanol–water partition coefficient (Wildman–Crippen LogP) is 7.45. The molecule has 2 aliphatic heterocycles. The number of para-hydroxylation sites is 2. The van der Waals surface area contributed by atoms with E-state index >= 15 is 0 Å². The van der Waals surface area contributed by atoms with Gasteiger partial charge in [-0.05, 0) is 92.1 Å². The summed E-state index contributed by atoms with van der Waals surface area (Å²) in [6.45, 7) is 2.46. The third-order valence-corrected chi connectivity index (χ3v) is 9.78. The Morgan fingerprint density at radius 3 is 2.31 bits per heavy atom. The maximum Gasteiger partial charge on any atom is 0.258 e. The maximum atomic E-state index is 13.8. The zero-order chi connectivity index (χ0) is 28.6. The summed E-state index contributed by atoms with van der Waals surface area (Å²) in [5.41, 5.74) is 5.82. The first-order valence-electron chi connectivity index (χ1n) is 14.9. The molecule has 3 heterocycles. The fourth-order valence-corrected chi connectivity index (χ4v) is 7.27. The van der Waals surface area contributed by atoms with Gasteiger partial charge in [0.2, 0.25) is 0 Å². The monoisotopic (exact) mass is 575 g/mol. The van der Waals surface area contributed by atoms with Gasteiger partial charge in [0.05, 0.1) is 16.1 Å². The Labute approximate surface area is 250 Å². The van der Waals surface area contributed by atoms with Crippen molar-refractivity contribution in [2.45, 2.75) is 38.5 Å². The van der Waals surface area contributed by atoms with Crippen molar-refractivity contribution in [3.05, 3.63) is 100 Å². The van der Waals surface area contributed by atoms with Crippen LogP contribution in [-0.4, -0.2) is 37.2 Å². The fraction of sp³-hybridized carbons (Fsp3) is 0.286. The topological polar surface area (TPSA) is 69.7 Å². The molecule has 2 fully saturated rings. The zero-order valence-corrected chi connectivity index (χ0v) is 24.3. The Morgan fingerprint density at radius 1 is 0.833 bits per heavy atom. The first kappa shape index (κ1) is 26.7. The van der Waals surface area contributed by atoms with Crippen molar-refractivity contribution in [3.8, 4) is 10.4 Å². The summed E-state index contributed by atoms with van der Waals surface area (Å²) >= 11 is 1.56. The molecule has 1 aromatic heterocycles. The highest BCUT2D eigenvalue weighted by Crippen LogP contribution is 2.43. The average molecular weight is 576 g/mol. The second-order valence-electron chi connectivity index (χ2n) is 11.5. The second-order valence-corrected chi connectivity index (χ2v) is 12.6. The molecule has 4 aromatic rings. The summed E-state index contributed by atoms with van der Waals surface area (Å²) < 4.78 is 0. The van der Waals surface area contributed by atoms with Crippen molar-refractivity contribution in [1.29, 1.82) is 0 Å². The van der Waals surface area contributed by atoms with Crippen molar-refractivity contribution in [2.24, 2.45) is 5.92 Å². The van der Waals surface area contributed by atoms with Gasteiger partial charge in [-0.15, -0.1) is 11.3 Å². The molecule has 0 atom stereocenters. The molecule has 0 radical (unpaired) electrons. The molecule has 0 spiro atoms. The summed E-state index contributed by atoms with van der Waals surface area (Å²) in [6, 6.07) is 24.9. The van der Waals surface area contributed by atoms with E-state index < -0.39 is 0 Å². The number of hydrogen-bond acceptors (Lipinski definition) is 5. The molecule has 0 unspecified atom stereocenters. The van der Waals surface area contributed by atoms with E-state index in [0.717, 1.165) is 71.0 Å². The van der Waals surface area contributed by atoms with E-state index in [9.17, 15) is 14.4 Å². The predicted molar refractivity (Wildman–Crippen MR) is 169 cm³/mol. The molecule has 1 N–H and O–H groups in total. The van der Waals surface area contributed by atoms with E-state index in [-0.39, 0.29) is 17.6 Å². The van der Waals surface area contributed by atoms with Crippen LogP contribution in [0.3, 0.4) is 0 Å². The van der Waals surface area contributed by atoms with Crippen LogP contribution in [0.4, 0.5) is 17.1 Å². The summed E-state index contributed by atoms with van der Waals surface area (Å²) in [5.74, 6) is 0.567. The van der Waals surface area contributed by atoms with Gasteiger partial charge in [-0.25, -0.2) is 0 Å². The van der Waals surface area contributed by atoms with Gasteiger partial charge in [0.1, 0.15) is 0 Å². The Balaban J connectivity index is 1.09. The van der Waals surface area contributed by atoms with Crippen LogP contribution in [0.1, 0.15) is 68.1 Å². The smallest absolute Gasteiger partial charge is 0.258 e. The number of hydrogen-bond donors (Lipinski definition) is 1. The molecular formula is C35H33N3O3S. The van der Waals surface area contributed by atoms with Crippen molar-refractivity contribution in [3.63, 3.8) is 0 Å². The van der Waals surface area contributed by atoms with Gasteiger partial charge < -0.3 is 15.1 Å². The SMILES string of the molecule is O=C(CC1CC1)c1cc2c(s1)-c1ccccc1N(C(=O)c1ccc(NC(=O)c3ccccc3N3CCCC3)cc1)CC2. The molecule has 1 saturated carbocycles. The van der Waals surface area contributed by atoms with Crippen molar-refractivity contribution >= 4 is 46.0 Å². The molecule has 6 nitrogen and oxygen atoms in total. The van der Waals surface area contributed by atoms with E-state index in [1.807, 2.05) is 53.4 Å². The first-order chi connectivity index (χ1) is 20.5. The summed E-state index contributed by atoms with van der Waals surface area (Å²) in [5, 5.41) is 3.02. The van der Waals surface area contributed by atoms with Gasteiger partial charge in [-0.1, -0.05) is 30.3 Å². The van der Waals surface area contributed by atoms with Gasteiger partial charge in [0.15, 0.2) is 5.78 Å². The van der Waals surface area contributed by atoms with Gasteiger partial charge in [-0.2, -0.15) is 0 Å². The third-order valence-electron chi connectivity index (χ3n) is 8.53. The molecule has 3 aromatic carbocycles. The highest BCUT2D eigenvalue weighted by atomic mass is 32.1. The molecule has 0 bridgehead atoms. The molecule has 1 saturated heterocycles. The van der Waals surface area contributed by atoms with E-state index in [4.69, 9.17) is 0 Å². The van der Waals surface area contributed by atoms with Crippen LogP contribution in [0.5, 0.6) is 0 Å². The van der Waals surface area contributed by atoms with Gasteiger partial charge in [0, 0.05) is 53.4 Å². The number of amides is 2. The number of ketones is 1. The molecule has 1 aliphatic carbocycles. The van der Waals surface area contributed by atoms with Crippen LogP contribution in [-0.2, 0) is 6.42 Å². The lowest BCUT2D eigenvalue weighted by atomic mass is 10.1. The van der Waals surface area contributed by atoms with E-state index in [1.165, 1.54) is 0 Å². The normalized spacial score (nSPS) is 16.0. The fourth-order valence-electron chi connectivity index (χ4n) is 6.08. The Morgan fingerprint density at radius 2 is 1.55 bits per heavy atom. The van der Waals surface area contributed by atoms with Crippen LogP contribution in [0.25, 0.3) is 10.4 Å². The van der Waals surface area contributed by atoms with Crippen LogP contribution in [0.2, 0.25) is 0 Å². The maximum absolute atomic E-state index is 13.8. The number of Topliss-reactive ketones (excluding diaryl/α,β-unsaturated/α-hetero) is 1. The van der Waals surface area contributed by atoms with Crippen LogP contribution in [0, 0.1) is 5.92 Å². The van der Waals surface area contributed by atoms with Gasteiger partial charge in [-0.3, -0.25) is 14.4 Å². The molecule has 2 amide bonds. The van der Waals surface area contributed by atoms with Crippen molar-refractivity contribution in [1.82, 2.24) is 0 Å². The van der Waals surface area contributed by atoms with Crippen molar-refractivity contribution < 1.29 is 14.4 Å². The minimum atomic E-state index is -0.154. The Bertz CT molecular complexity index is 1660. The van der Waals surface area contributed by atoms with Crippen LogP contribution < -0.4 is 15.1 Å². The molecular weight excluding hydrogens is 542 g/mol. The van der Waals surface area contributed by atoms with E-state index in [2.05, 4.69) is 16.3 Å². The molecule has 7 rings (SSSR count). The number of anilines is 3. The Kier molecular flexibility index (Phi) is 7.12. The summed E-state index contributed by atoms with van der Waals surface area (Å²) in [6.07, 6.45) is 5.94. The molecule has 212 valence electrons. The number of benzene rings is 3. The van der Waals surface area contributed by atoms with Crippen molar-refractivity contribution in [2.75, 3.05) is 34.8 Å². The third kappa shape index (κ3) is 5.25. The standard InChI is InChI=1S/C35H33N3O3S/c39-31(21-23-11-12-23)32-22-25-17-20-38(30-10-4-1-7-27(30)33(25)42-32)35(41)24-13-15-26(16-14-24)36-34(40)28-8-2-3-9-29(28)37-18-5-6-19-37/h1-4,7-10,13-16,22-23H,5-6,11-12,17-21H2,(H,36,40). The highest BCUT2D eigenvalue weighted by Gasteiger charge is 2.30. The molecule has 42 heavy (non-hydrogen) atoms. The number of nitrogens with zero attached hydrogens (tertiary/aromatic N) is 2. The summed E-state index contributed by atoms with van der Waals surface area (Å²) in [7, 11) is 0. The lowest BCUT2D eigenvalue weighted by Crippen LogP contribution is -2.32. The summed E-state index contributed by atoms with van der Waals surface area (Å²) in [4.78, 5) is 45.9. The minimum Gasteiger partial charge on any atom is -0.371 e. The minimum absolute atomic E-state index is 0.0834. The number of rotatable bonds is 7. The lowest BCUT2D eigenvalue weighted by Gasteiger charge is -2.23. The number of nitrogens with one attached hydrogen (secondary N) is 1. The average Bonchev–Trinajstić information content (AvgIpc) is 3.51. The molecule has 7 heteroatoms. The number of thiophene rings is 1. The van der Waals surface area contributed by atoms with E-state index in [0.29, 0.717) is 42.1 Å². The number of carbonyl (C=O) groups excluding carboxylic acids is 3. The zero-order valence-electron chi connectivity index (χ0n) is 23.5. The van der Waals surface area contributed by atoms with Gasteiger partial charge >= 0.3 is 0 Å². The van der Waals surface area contributed by atoms with Crippen LogP contribution in [0.15, 0.2) is 78.9 Å². The number of fused-ring (bicyclic) bond motifs is 3. The largest absolute Gasteiger partial charge is 0.371 e. The quantitative estimate of drug-likeness (QED) is 0.232. The van der Waals surface area contributed by atoms with Gasteiger partial charge in [0.25, 0.3) is 11.8 Å². The highest BCUT2D eigenvalue weighted by molar-refractivity contribution is 7.17. The van der Waals surface area contributed by atoms with Crippen LogP contribution >= 0.6 is 11.3 Å². The first-order valence-corrected chi connectivity index (χ1v) is 15.7. The Hall–Kier alpha value is -4.23. The molecule has 3 aliphatic rings. The van der Waals surface area contributed by atoms with E-state index in [1.54, 1.807) is 35.6 Å². The second kappa shape index (κ2) is 11.2.